The third-order valence-electron chi connectivity index (χ3n) is 3.40. The Morgan fingerprint density at radius 2 is 1.72 bits per heavy atom. The number of amides is 1. The summed E-state index contributed by atoms with van der Waals surface area (Å²) in [6.45, 7) is 1.72. The number of rotatable bonds is 1. The summed E-state index contributed by atoms with van der Waals surface area (Å²) in [4.78, 5) is 14.4. The van der Waals surface area contributed by atoms with Gasteiger partial charge < -0.3 is 10.6 Å². The molecule has 18 heavy (non-hydrogen) atoms. The molecular formula is C14H19BrN2O. The van der Waals surface area contributed by atoms with E-state index in [2.05, 4.69) is 15.9 Å². The Kier molecular flexibility index (Phi) is 4.64. The average molecular weight is 311 g/mol. The van der Waals surface area contributed by atoms with Crippen molar-refractivity contribution < 1.29 is 4.79 Å². The minimum absolute atomic E-state index is 0.0936. The van der Waals surface area contributed by atoms with Gasteiger partial charge in [-0.05, 0) is 40.9 Å². The van der Waals surface area contributed by atoms with Crippen molar-refractivity contribution in [1.29, 1.82) is 0 Å². The van der Waals surface area contributed by atoms with Gasteiger partial charge in [-0.25, -0.2) is 0 Å². The molecule has 1 aromatic carbocycles. The van der Waals surface area contributed by atoms with Crippen molar-refractivity contribution >= 4 is 27.5 Å². The minimum atomic E-state index is 0.0936. The molecule has 0 radical (unpaired) electrons. The van der Waals surface area contributed by atoms with E-state index >= 15 is 0 Å². The van der Waals surface area contributed by atoms with Crippen LogP contribution >= 0.6 is 15.9 Å². The Labute approximate surface area is 116 Å². The number of carbonyl (C=O) groups is 1. The molecule has 1 heterocycles. The van der Waals surface area contributed by atoms with E-state index in [0.717, 1.165) is 30.4 Å². The molecule has 98 valence electrons. The monoisotopic (exact) mass is 310 g/mol. The van der Waals surface area contributed by atoms with Gasteiger partial charge in [-0.2, -0.15) is 0 Å². The van der Waals surface area contributed by atoms with Gasteiger partial charge in [-0.1, -0.05) is 25.3 Å². The minimum Gasteiger partial charge on any atom is -0.398 e. The maximum atomic E-state index is 12.5. The Morgan fingerprint density at radius 3 is 2.39 bits per heavy atom. The third kappa shape index (κ3) is 3.05. The normalized spacial score (nSPS) is 17.1. The molecule has 1 aliphatic rings. The number of carbonyl (C=O) groups excluding carboxylic acids is 1. The van der Waals surface area contributed by atoms with Crippen molar-refractivity contribution in [2.75, 3.05) is 18.8 Å². The SMILES string of the molecule is Nc1cccc(C(=O)N2CCCCCCC2)c1Br. The number of hydrogen-bond donors (Lipinski definition) is 1. The third-order valence-corrected chi connectivity index (χ3v) is 4.29. The van der Waals surface area contributed by atoms with Crippen LogP contribution in [0.25, 0.3) is 0 Å². The van der Waals surface area contributed by atoms with E-state index in [4.69, 9.17) is 5.73 Å². The molecule has 1 fully saturated rings. The van der Waals surface area contributed by atoms with Gasteiger partial charge in [-0.3, -0.25) is 4.79 Å². The largest absolute Gasteiger partial charge is 0.398 e. The molecule has 0 aliphatic carbocycles. The number of nitrogen functional groups attached to an aromatic ring is 1. The van der Waals surface area contributed by atoms with E-state index in [1.165, 1.54) is 19.3 Å². The van der Waals surface area contributed by atoms with Crippen LogP contribution in [0, 0.1) is 0 Å². The van der Waals surface area contributed by atoms with E-state index in [1.54, 1.807) is 6.07 Å². The lowest BCUT2D eigenvalue weighted by molar-refractivity contribution is 0.0741. The standard InChI is InChI=1S/C14H19BrN2O/c15-13-11(7-6-8-12(13)16)14(18)17-9-4-2-1-3-5-10-17/h6-8H,1-5,9-10,16H2. The lowest BCUT2D eigenvalue weighted by Gasteiger charge is -2.25. The van der Waals surface area contributed by atoms with Gasteiger partial charge in [0.05, 0.1) is 10.0 Å². The van der Waals surface area contributed by atoms with Crippen molar-refractivity contribution in [2.24, 2.45) is 0 Å². The number of nitrogens with zero attached hydrogens (tertiary/aromatic N) is 1. The van der Waals surface area contributed by atoms with E-state index in [-0.39, 0.29) is 5.91 Å². The molecule has 0 bridgehead atoms. The highest BCUT2D eigenvalue weighted by atomic mass is 79.9. The second-order valence-electron chi connectivity index (χ2n) is 4.77. The smallest absolute Gasteiger partial charge is 0.255 e. The molecule has 0 aromatic heterocycles. The molecule has 0 spiro atoms. The summed E-state index contributed by atoms with van der Waals surface area (Å²) in [6.07, 6.45) is 5.95. The molecule has 2 N–H and O–H groups in total. The first-order valence-corrected chi connectivity index (χ1v) is 7.32. The molecular weight excluding hydrogens is 292 g/mol. The summed E-state index contributed by atoms with van der Waals surface area (Å²) in [5.74, 6) is 0.0936. The second-order valence-corrected chi connectivity index (χ2v) is 5.56. The summed E-state index contributed by atoms with van der Waals surface area (Å²) in [6, 6.07) is 5.47. The van der Waals surface area contributed by atoms with Gasteiger partial charge in [0.25, 0.3) is 5.91 Å². The fraction of sp³-hybridized carbons (Fsp3) is 0.500. The summed E-state index contributed by atoms with van der Waals surface area (Å²) >= 11 is 3.41. The van der Waals surface area contributed by atoms with Crippen LogP contribution in [-0.4, -0.2) is 23.9 Å². The van der Waals surface area contributed by atoms with Crippen molar-refractivity contribution in [3.05, 3.63) is 28.2 Å². The lowest BCUT2D eigenvalue weighted by atomic mass is 10.1. The van der Waals surface area contributed by atoms with Gasteiger partial charge in [0.15, 0.2) is 0 Å². The Bertz CT molecular complexity index is 426. The molecule has 2 rings (SSSR count). The summed E-state index contributed by atoms with van der Waals surface area (Å²) < 4.78 is 0.719. The van der Waals surface area contributed by atoms with Gasteiger partial charge >= 0.3 is 0 Å². The van der Waals surface area contributed by atoms with Gasteiger partial charge in [0.1, 0.15) is 0 Å². The Morgan fingerprint density at radius 1 is 1.11 bits per heavy atom. The van der Waals surface area contributed by atoms with Crippen LogP contribution in [0.2, 0.25) is 0 Å². The van der Waals surface area contributed by atoms with Crippen molar-refractivity contribution in [3.8, 4) is 0 Å². The van der Waals surface area contributed by atoms with E-state index < -0.39 is 0 Å². The van der Waals surface area contributed by atoms with E-state index in [9.17, 15) is 4.79 Å². The molecule has 1 aliphatic heterocycles. The summed E-state index contributed by atoms with van der Waals surface area (Å²) in [5.41, 5.74) is 7.12. The van der Waals surface area contributed by atoms with Crippen molar-refractivity contribution in [2.45, 2.75) is 32.1 Å². The highest BCUT2D eigenvalue weighted by molar-refractivity contribution is 9.10. The first-order chi connectivity index (χ1) is 8.70. The first-order valence-electron chi connectivity index (χ1n) is 6.53. The number of halogens is 1. The zero-order chi connectivity index (χ0) is 13.0. The molecule has 1 saturated heterocycles. The highest BCUT2D eigenvalue weighted by Crippen LogP contribution is 2.25. The molecule has 0 unspecified atom stereocenters. The van der Waals surface area contributed by atoms with Crippen LogP contribution < -0.4 is 5.73 Å². The maximum absolute atomic E-state index is 12.5. The predicted octanol–water partition coefficient (Wildman–Crippen LogP) is 3.44. The fourth-order valence-corrected chi connectivity index (χ4v) is 2.77. The molecule has 0 saturated carbocycles. The lowest BCUT2D eigenvalue weighted by Crippen LogP contribution is -2.34. The van der Waals surface area contributed by atoms with Crippen LogP contribution in [-0.2, 0) is 0 Å². The molecule has 0 atom stereocenters. The first kappa shape index (κ1) is 13.4. The van der Waals surface area contributed by atoms with Crippen molar-refractivity contribution in [3.63, 3.8) is 0 Å². The number of anilines is 1. The maximum Gasteiger partial charge on any atom is 0.255 e. The number of hydrogen-bond acceptors (Lipinski definition) is 2. The molecule has 3 nitrogen and oxygen atoms in total. The topological polar surface area (TPSA) is 46.3 Å². The van der Waals surface area contributed by atoms with E-state index in [1.807, 2.05) is 17.0 Å². The average Bonchev–Trinajstić information content (AvgIpc) is 2.31. The quantitative estimate of drug-likeness (QED) is 0.808. The van der Waals surface area contributed by atoms with Gasteiger partial charge in [0.2, 0.25) is 0 Å². The van der Waals surface area contributed by atoms with E-state index in [0.29, 0.717) is 11.3 Å². The Hall–Kier alpha value is -1.03. The van der Waals surface area contributed by atoms with Crippen LogP contribution in [0.5, 0.6) is 0 Å². The highest BCUT2D eigenvalue weighted by Gasteiger charge is 2.19. The second kappa shape index (κ2) is 6.23. The van der Waals surface area contributed by atoms with Crippen LogP contribution in [0.4, 0.5) is 5.69 Å². The van der Waals surface area contributed by atoms with Crippen LogP contribution in [0.3, 0.4) is 0 Å². The van der Waals surface area contributed by atoms with Crippen LogP contribution in [0.15, 0.2) is 22.7 Å². The Balaban J connectivity index is 2.16. The van der Waals surface area contributed by atoms with Crippen molar-refractivity contribution in [1.82, 2.24) is 4.90 Å². The number of nitrogens with two attached hydrogens (primary N) is 1. The molecule has 1 amide bonds. The zero-order valence-electron chi connectivity index (χ0n) is 10.5. The predicted molar refractivity (Wildman–Crippen MR) is 77.5 cm³/mol. The molecule has 4 heteroatoms. The summed E-state index contributed by atoms with van der Waals surface area (Å²) in [7, 11) is 0. The zero-order valence-corrected chi connectivity index (χ0v) is 12.1. The van der Waals surface area contributed by atoms with Crippen LogP contribution in [0.1, 0.15) is 42.5 Å². The van der Waals surface area contributed by atoms with Gasteiger partial charge in [0, 0.05) is 18.8 Å². The molecule has 1 aromatic rings. The number of benzene rings is 1. The summed E-state index contributed by atoms with van der Waals surface area (Å²) in [5, 5.41) is 0. The fourth-order valence-electron chi connectivity index (χ4n) is 2.34. The number of likely N-dealkylation sites (tertiary alicyclic amines) is 1. The van der Waals surface area contributed by atoms with Gasteiger partial charge in [-0.15, -0.1) is 0 Å².